The summed E-state index contributed by atoms with van der Waals surface area (Å²) < 4.78 is 2.50. The van der Waals surface area contributed by atoms with E-state index < -0.39 is 0 Å². The van der Waals surface area contributed by atoms with Gasteiger partial charge >= 0.3 is 0 Å². The first-order valence-corrected chi connectivity index (χ1v) is 6.00. The summed E-state index contributed by atoms with van der Waals surface area (Å²) in [4.78, 5) is 20.0. The minimum atomic E-state index is -0.0125. The zero-order valence-corrected chi connectivity index (χ0v) is 10.9. The highest BCUT2D eigenvalue weighted by Gasteiger charge is 2.12. The fraction of sp³-hybridized carbons (Fsp3) is 0.273. The molecule has 0 aliphatic carbocycles. The average Bonchev–Trinajstić information content (AvgIpc) is 2.76. The summed E-state index contributed by atoms with van der Waals surface area (Å²) in [6, 6.07) is 1.75. The van der Waals surface area contributed by atoms with Gasteiger partial charge in [0, 0.05) is 29.0 Å². The highest BCUT2D eigenvalue weighted by atomic mass is 79.9. The molecular formula is C11H11BrN4O. The number of pyridine rings is 1. The lowest BCUT2D eigenvalue weighted by Crippen LogP contribution is -2.11. The Balaban J connectivity index is 2.17. The summed E-state index contributed by atoms with van der Waals surface area (Å²) in [5.74, 6) is 0.666. The van der Waals surface area contributed by atoms with Crippen LogP contribution in [0.4, 0.5) is 0 Å². The van der Waals surface area contributed by atoms with Crippen LogP contribution >= 0.6 is 15.9 Å². The van der Waals surface area contributed by atoms with Gasteiger partial charge in [0.2, 0.25) is 0 Å². The predicted octanol–water partition coefficient (Wildman–Crippen LogP) is 1.88. The van der Waals surface area contributed by atoms with Crippen molar-refractivity contribution in [2.45, 2.75) is 19.9 Å². The van der Waals surface area contributed by atoms with Crippen molar-refractivity contribution in [3.05, 3.63) is 40.6 Å². The Morgan fingerprint density at radius 1 is 1.47 bits per heavy atom. The Labute approximate surface area is 107 Å². The number of carbonyl (C=O) groups excluding carboxylic acids is 1. The number of aryl methyl sites for hydroxylation is 1. The molecule has 2 aromatic rings. The molecule has 5 nitrogen and oxygen atoms in total. The molecule has 6 heteroatoms. The van der Waals surface area contributed by atoms with Crippen molar-refractivity contribution in [3.8, 4) is 0 Å². The van der Waals surface area contributed by atoms with Crippen molar-refractivity contribution in [1.82, 2.24) is 19.7 Å². The molecule has 0 radical (unpaired) electrons. The Hall–Kier alpha value is -1.56. The topological polar surface area (TPSA) is 60.7 Å². The molecule has 0 saturated carbocycles. The van der Waals surface area contributed by atoms with Crippen LogP contribution < -0.4 is 0 Å². The van der Waals surface area contributed by atoms with Gasteiger partial charge in [0.1, 0.15) is 12.2 Å². The molecule has 0 atom stereocenters. The third-order valence-electron chi connectivity index (χ3n) is 2.34. The molecule has 88 valence electrons. The van der Waals surface area contributed by atoms with E-state index in [2.05, 4.69) is 31.0 Å². The molecule has 0 aliphatic rings. The lowest BCUT2D eigenvalue weighted by Gasteiger charge is -2.02. The van der Waals surface area contributed by atoms with E-state index in [1.54, 1.807) is 23.1 Å². The van der Waals surface area contributed by atoms with E-state index in [-0.39, 0.29) is 12.2 Å². The van der Waals surface area contributed by atoms with Gasteiger partial charge in [-0.1, -0.05) is 0 Å². The van der Waals surface area contributed by atoms with Gasteiger partial charge in [-0.05, 0) is 28.9 Å². The second-order valence-corrected chi connectivity index (χ2v) is 4.40. The summed E-state index contributed by atoms with van der Waals surface area (Å²) in [5.41, 5.74) is 0.574. The average molecular weight is 295 g/mol. The molecule has 0 amide bonds. The fourth-order valence-corrected chi connectivity index (χ4v) is 1.86. The number of aromatic nitrogens is 4. The van der Waals surface area contributed by atoms with Crippen LogP contribution in [0.3, 0.4) is 0 Å². The molecule has 0 fully saturated rings. The number of Topliss-reactive ketones (excluding diaryl/α,β-unsaturated/α-hetero) is 1. The van der Waals surface area contributed by atoms with E-state index in [0.29, 0.717) is 17.9 Å². The molecule has 0 N–H and O–H groups in total. The lowest BCUT2D eigenvalue weighted by molar-refractivity contribution is 0.0989. The number of rotatable bonds is 4. The molecule has 17 heavy (non-hydrogen) atoms. The van der Waals surface area contributed by atoms with Crippen LogP contribution in [-0.4, -0.2) is 25.5 Å². The molecule has 0 spiro atoms. The van der Waals surface area contributed by atoms with Crippen molar-refractivity contribution >= 4 is 21.7 Å². The maximum atomic E-state index is 12.0. The molecule has 0 aromatic carbocycles. The molecule has 2 rings (SSSR count). The fourth-order valence-electron chi connectivity index (χ4n) is 1.50. The summed E-state index contributed by atoms with van der Waals surface area (Å²) in [7, 11) is 0. The van der Waals surface area contributed by atoms with Crippen molar-refractivity contribution in [3.63, 3.8) is 0 Å². The summed E-state index contributed by atoms with van der Waals surface area (Å²) in [5, 5.41) is 4.03. The van der Waals surface area contributed by atoms with E-state index in [1.165, 1.54) is 6.33 Å². The van der Waals surface area contributed by atoms with E-state index >= 15 is 0 Å². The van der Waals surface area contributed by atoms with Crippen LogP contribution in [0.1, 0.15) is 23.1 Å². The van der Waals surface area contributed by atoms with Crippen molar-refractivity contribution in [2.75, 3.05) is 0 Å². The van der Waals surface area contributed by atoms with Gasteiger partial charge in [0.25, 0.3) is 0 Å². The number of carbonyl (C=O) groups is 1. The normalized spacial score (nSPS) is 10.5. The Bertz CT molecular complexity index is 538. The van der Waals surface area contributed by atoms with Crippen LogP contribution in [-0.2, 0) is 13.0 Å². The van der Waals surface area contributed by atoms with E-state index in [9.17, 15) is 4.79 Å². The van der Waals surface area contributed by atoms with Crippen LogP contribution in [0.15, 0.2) is 29.3 Å². The number of nitrogens with zero attached hydrogens (tertiary/aromatic N) is 4. The minimum Gasteiger partial charge on any atom is -0.294 e. The van der Waals surface area contributed by atoms with Gasteiger partial charge in [-0.15, -0.1) is 0 Å². The summed E-state index contributed by atoms with van der Waals surface area (Å²) in [6.45, 7) is 2.67. The summed E-state index contributed by atoms with van der Waals surface area (Å²) >= 11 is 3.29. The first kappa shape index (κ1) is 11.9. The van der Waals surface area contributed by atoms with Gasteiger partial charge in [-0.3, -0.25) is 9.78 Å². The Kier molecular flexibility index (Phi) is 3.63. The second kappa shape index (κ2) is 5.18. The molecule has 0 bridgehead atoms. The summed E-state index contributed by atoms with van der Waals surface area (Å²) in [6.07, 6.45) is 4.91. The molecule has 2 aromatic heterocycles. The second-order valence-electron chi connectivity index (χ2n) is 3.48. The van der Waals surface area contributed by atoms with E-state index in [0.717, 1.165) is 4.47 Å². The Morgan fingerprint density at radius 2 is 2.29 bits per heavy atom. The van der Waals surface area contributed by atoms with Crippen LogP contribution in [0.5, 0.6) is 0 Å². The maximum absolute atomic E-state index is 12.0. The van der Waals surface area contributed by atoms with Crippen molar-refractivity contribution < 1.29 is 4.79 Å². The number of halogens is 1. The molecule has 0 unspecified atom stereocenters. The standard InChI is InChI=1S/C11H11BrN4O/c1-2-16-11(14-7-15-16)4-10(17)8-3-9(12)6-13-5-8/h3,5-7H,2,4H2,1H3. The van der Waals surface area contributed by atoms with Crippen LogP contribution in [0.25, 0.3) is 0 Å². The maximum Gasteiger partial charge on any atom is 0.172 e. The third kappa shape index (κ3) is 2.76. The molecule has 0 aliphatic heterocycles. The number of hydrogen-bond acceptors (Lipinski definition) is 4. The first-order chi connectivity index (χ1) is 8.20. The Morgan fingerprint density at radius 3 is 3.00 bits per heavy atom. The number of ketones is 1. The van der Waals surface area contributed by atoms with Gasteiger partial charge in [0.05, 0.1) is 6.42 Å². The monoisotopic (exact) mass is 294 g/mol. The van der Waals surface area contributed by atoms with Crippen molar-refractivity contribution in [2.24, 2.45) is 0 Å². The first-order valence-electron chi connectivity index (χ1n) is 5.21. The van der Waals surface area contributed by atoms with Crippen LogP contribution in [0, 0.1) is 0 Å². The van der Waals surface area contributed by atoms with Gasteiger partial charge in [0.15, 0.2) is 5.78 Å². The lowest BCUT2D eigenvalue weighted by atomic mass is 10.1. The van der Waals surface area contributed by atoms with Gasteiger partial charge < -0.3 is 0 Å². The number of hydrogen-bond donors (Lipinski definition) is 0. The third-order valence-corrected chi connectivity index (χ3v) is 2.77. The molecular weight excluding hydrogens is 284 g/mol. The predicted molar refractivity (Wildman–Crippen MR) is 65.7 cm³/mol. The molecule has 0 saturated heterocycles. The SMILES string of the molecule is CCn1ncnc1CC(=O)c1cncc(Br)c1. The van der Waals surface area contributed by atoms with Crippen molar-refractivity contribution in [1.29, 1.82) is 0 Å². The van der Waals surface area contributed by atoms with E-state index in [4.69, 9.17) is 0 Å². The highest BCUT2D eigenvalue weighted by Crippen LogP contribution is 2.11. The largest absolute Gasteiger partial charge is 0.294 e. The minimum absolute atomic E-state index is 0.0125. The zero-order valence-electron chi connectivity index (χ0n) is 9.30. The highest BCUT2D eigenvalue weighted by molar-refractivity contribution is 9.10. The zero-order chi connectivity index (χ0) is 12.3. The quantitative estimate of drug-likeness (QED) is 0.808. The smallest absolute Gasteiger partial charge is 0.172 e. The van der Waals surface area contributed by atoms with E-state index in [1.807, 2.05) is 6.92 Å². The van der Waals surface area contributed by atoms with Crippen LogP contribution in [0.2, 0.25) is 0 Å². The van der Waals surface area contributed by atoms with Gasteiger partial charge in [-0.2, -0.15) is 5.10 Å². The molecule has 2 heterocycles. The van der Waals surface area contributed by atoms with Gasteiger partial charge in [-0.25, -0.2) is 9.67 Å².